The Morgan fingerprint density at radius 2 is 2.41 bits per heavy atom. The number of rotatable bonds is 2. The van der Waals surface area contributed by atoms with Crippen LogP contribution in [0.5, 0.6) is 0 Å². The molecule has 0 bridgehead atoms. The molecule has 6 nitrogen and oxygen atoms in total. The Morgan fingerprint density at radius 1 is 1.59 bits per heavy atom. The first-order chi connectivity index (χ1) is 8.19. The molecule has 0 radical (unpaired) electrons. The topological polar surface area (TPSA) is 90.7 Å². The minimum Gasteiger partial charge on any atom is -0.354 e. The van der Waals surface area contributed by atoms with E-state index < -0.39 is 0 Å². The summed E-state index contributed by atoms with van der Waals surface area (Å²) in [5, 5.41) is 14.5. The number of nitrogens with one attached hydrogen (secondary N) is 2. The van der Waals surface area contributed by atoms with Crippen LogP contribution in [0.3, 0.4) is 0 Å². The summed E-state index contributed by atoms with van der Waals surface area (Å²) in [5.74, 6) is 0.295. The van der Waals surface area contributed by atoms with Gasteiger partial charge in [-0.2, -0.15) is 5.26 Å². The number of piperidine rings is 1. The number of anilines is 1. The number of aryl methyl sites for hydroxylation is 1. The summed E-state index contributed by atoms with van der Waals surface area (Å²) in [7, 11) is 0. The molecule has 1 amide bonds. The number of carbonyl (C=O) groups excluding carboxylic acids is 1. The molecule has 1 aliphatic heterocycles. The van der Waals surface area contributed by atoms with Gasteiger partial charge in [-0.05, 0) is 25.8 Å². The van der Waals surface area contributed by atoms with Crippen molar-refractivity contribution >= 4 is 11.9 Å². The zero-order chi connectivity index (χ0) is 12.3. The van der Waals surface area contributed by atoms with Gasteiger partial charge in [0.2, 0.25) is 11.9 Å². The molecule has 17 heavy (non-hydrogen) atoms. The van der Waals surface area contributed by atoms with Crippen molar-refractivity contribution < 1.29 is 4.79 Å². The second kappa shape index (κ2) is 4.78. The Hall–Kier alpha value is -2.16. The van der Waals surface area contributed by atoms with E-state index in [0.29, 0.717) is 17.3 Å². The molecule has 1 aromatic heterocycles. The van der Waals surface area contributed by atoms with Gasteiger partial charge in [-0.25, -0.2) is 9.97 Å². The fourth-order valence-electron chi connectivity index (χ4n) is 1.76. The van der Waals surface area contributed by atoms with E-state index in [4.69, 9.17) is 5.26 Å². The molecule has 1 unspecified atom stereocenters. The summed E-state index contributed by atoms with van der Waals surface area (Å²) in [5.41, 5.74) is 1.01. The van der Waals surface area contributed by atoms with Crippen molar-refractivity contribution in [2.45, 2.75) is 25.8 Å². The molecule has 2 rings (SSSR count). The first-order valence-electron chi connectivity index (χ1n) is 5.49. The Labute approximate surface area is 99.1 Å². The molecule has 1 saturated heterocycles. The second-order valence-electron chi connectivity index (χ2n) is 3.96. The standard InChI is InChI=1S/C11H13N5O/c1-7-5-8(6-12)15-11(14-7)16-9-3-2-4-13-10(9)17/h5,9H,2-4H2,1H3,(H,13,17)(H,14,15,16). The van der Waals surface area contributed by atoms with Gasteiger partial charge in [-0.15, -0.1) is 0 Å². The van der Waals surface area contributed by atoms with E-state index in [-0.39, 0.29) is 11.9 Å². The van der Waals surface area contributed by atoms with Gasteiger partial charge >= 0.3 is 0 Å². The van der Waals surface area contributed by atoms with E-state index in [1.807, 2.05) is 6.07 Å². The third-order valence-electron chi connectivity index (χ3n) is 2.56. The van der Waals surface area contributed by atoms with Crippen LogP contribution in [0.4, 0.5) is 5.95 Å². The Balaban J connectivity index is 2.15. The molecular weight excluding hydrogens is 218 g/mol. The van der Waals surface area contributed by atoms with Crippen LogP contribution in [-0.2, 0) is 4.79 Å². The van der Waals surface area contributed by atoms with Gasteiger partial charge in [0.15, 0.2) is 0 Å². The molecule has 0 aromatic carbocycles. The van der Waals surface area contributed by atoms with Gasteiger partial charge in [0.25, 0.3) is 0 Å². The summed E-state index contributed by atoms with van der Waals surface area (Å²) in [6, 6.07) is 3.26. The third kappa shape index (κ3) is 2.69. The van der Waals surface area contributed by atoms with E-state index >= 15 is 0 Å². The lowest BCUT2D eigenvalue weighted by Crippen LogP contribution is -2.44. The largest absolute Gasteiger partial charge is 0.354 e. The van der Waals surface area contributed by atoms with Crippen molar-refractivity contribution in [2.75, 3.05) is 11.9 Å². The SMILES string of the molecule is Cc1cc(C#N)nc(NC2CCCNC2=O)n1. The van der Waals surface area contributed by atoms with E-state index in [9.17, 15) is 4.79 Å². The maximum absolute atomic E-state index is 11.5. The quantitative estimate of drug-likeness (QED) is 0.766. The zero-order valence-corrected chi connectivity index (χ0v) is 9.53. The molecule has 1 aromatic rings. The molecule has 6 heteroatoms. The minimum absolute atomic E-state index is 0.0418. The summed E-state index contributed by atoms with van der Waals surface area (Å²) in [6.45, 7) is 2.50. The molecule has 2 heterocycles. The maximum Gasteiger partial charge on any atom is 0.242 e. The van der Waals surface area contributed by atoms with Crippen molar-refractivity contribution in [3.8, 4) is 6.07 Å². The first-order valence-corrected chi connectivity index (χ1v) is 5.49. The molecule has 88 valence electrons. The average Bonchev–Trinajstić information content (AvgIpc) is 2.31. The van der Waals surface area contributed by atoms with Crippen molar-refractivity contribution in [3.05, 3.63) is 17.5 Å². The van der Waals surface area contributed by atoms with Crippen molar-refractivity contribution in [1.82, 2.24) is 15.3 Å². The van der Waals surface area contributed by atoms with Gasteiger partial charge in [0.1, 0.15) is 17.8 Å². The molecule has 0 spiro atoms. The van der Waals surface area contributed by atoms with Gasteiger partial charge in [-0.1, -0.05) is 0 Å². The molecule has 1 fully saturated rings. The Kier molecular flexibility index (Phi) is 3.19. The van der Waals surface area contributed by atoms with Gasteiger partial charge in [-0.3, -0.25) is 4.79 Å². The number of aromatic nitrogens is 2. The minimum atomic E-state index is -0.308. The summed E-state index contributed by atoms with van der Waals surface area (Å²) < 4.78 is 0. The monoisotopic (exact) mass is 231 g/mol. The van der Waals surface area contributed by atoms with Crippen molar-refractivity contribution in [3.63, 3.8) is 0 Å². The lowest BCUT2D eigenvalue weighted by Gasteiger charge is -2.22. The van der Waals surface area contributed by atoms with Crippen LogP contribution in [0.1, 0.15) is 24.2 Å². The van der Waals surface area contributed by atoms with Gasteiger partial charge in [0, 0.05) is 12.2 Å². The van der Waals surface area contributed by atoms with Gasteiger partial charge in [0.05, 0.1) is 0 Å². The van der Waals surface area contributed by atoms with Crippen LogP contribution in [0.2, 0.25) is 0 Å². The van der Waals surface area contributed by atoms with E-state index in [1.54, 1.807) is 13.0 Å². The first kappa shape index (κ1) is 11.3. The summed E-state index contributed by atoms with van der Waals surface area (Å²) in [6.07, 6.45) is 1.69. The molecule has 1 atom stereocenters. The molecule has 0 saturated carbocycles. The van der Waals surface area contributed by atoms with E-state index in [0.717, 1.165) is 19.4 Å². The third-order valence-corrected chi connectivity index (χ3v) is 2.56. The van der Waals surface area contributed by atoms with Crippen LogP contribution < -0.4 is 10.6 Å². The molecule has 0 aliphatic carbocycles. The van der Waals surface area contributed by atoms with Crippen molar-refractivity contribution in [1.29, 1.82) is 5.26 Å². The number of nitriles is 1. The highest BCUT2D eigenvalue weighted by Crippen LogP contribution is 2.10. The smallest absolute Gasteiger partial charge is 0.242 e. The average molecular weight is 231 g/mol. The Morgan fingerprint density at radius 3 is 3.12 bits per heavy atom. The van der Waals surface area contributed by atoms with Crippen LogP contribution in [0.15, 0.2) is 6.07 Å². The number of amides is 1. The van der Waals surface area contributed by atoms with Crippen molar-refractivity contribution in [2.24, 2.45) is 0 Å². The zero-order valence-electron chi connectivity index (χ0n) is 9.53. The van der Waals surface area contributed by atoms with Gasteiger partial charge < -0.3 is 10.6 Å². The number of hydrogen-bond acceptors (Lipinski definition) is 5. The summed E-state index contributed by atoms with van der Waals surface area (Å²) >= 11 is 0. The maximum atomic E-state index is 11.5. The fourth-order valence-corrected chi connectivity index (χ4v) is 1.76. The predicted octanol–water partition coefficient (Wildman–Crippen LogP) is 0.347. The highest BCUT2D eigenvalue weighted by atomic mass is 16.2. The molecule has 2 N–H and O–H groups in total. The van der Waals surface area contributed by atoms with Crippen LogP contribution in [0, 0.1) is 18.3 Å². The highest BCUT2D eigenvalue weighted by Gasteiger charge is 2.22. The lowest BCUT2D eigenvalue weighted by atomic mass is 10.1. The predicted molar refractivity (Wildman–Crippen MR) is 61.1 cm³/mol. The number of hydrogen-bond donors (Lipinski definition) is 2. The highest BCUT2D eigenvalue weighted by molar-refractivity contribution is 5.84. The van der Waals surface area contributed by atoms with E-state index in [1.165, 1.54) is 0 Å². The number of nitrogens with zero attached hydrogens (tertiary/aromatic N) is 3. The normalized spacial score (nSPS) is 19.3. The fraction of sp³-hybridized carbons (Fsp3) is 0.455. The molecule has 1 aliphatic rings. The van der Waals surface area contributed by atoms with E-state index in [2.05, 4.69) is 20.6 Å². The van der Waals surface area contributed by atoms with Crippen LogP contribution >= 0.6 is 0 Å². The number of carbonyl (C=O) groups is 1. The molecular formula is C11H13N5O. The second-order valence-corrected chi connectivity index (χ2v) is 3.96. The van der Waals surface area contributed by atoms with Crippen LogP contribution in [-0.4, -0.2) is 28.5 Å². The summed E-state index contributed by atoms with van der Waals surface area (Å²) in [4.78, 5) is 19.7. The Bertz CT molecular complexity index is 479. The lowest BCUT2D eigenvalue weighted by molar-refractivity contribution is -0.123. The van der Waals surface area contributed by atoms with Crippen LogP contribution in [0.25, 0.3) is 0 Å².